The van der Waals surface area contributed by atoms with E-state index in [2.05, 4.69) is 5.32 Å². The number of carbonyl (C=O) groups is 1. The average Bonchev–Trinajstić information content (AvgIpc) is 2.71. The lowest BCUT2D eigenvalue weighted by atomic mass is 9.99. The van der Waals surface area contributed by atoms with E-state index in [1.54, 1.807) is 0 Å². The van der Waals surface area contributed by atoms with Crippen LogP contribution in [0.2, 0.25) is 0 Å². The van der Waals surface area contributed by atoms with Gasteiger partial charge in [-0.05, 0) is 25.7 Å². The SMILES string of the molecule is CCC1OCCC1C(=O)NCCCC(N)=S. The largest absolute Gasteiger partial charge is 0.393 e. The lowest BCUT2D eigenvalue weighted by molar-refractivity contribution is -0.126. The van der Waals surface area contributed by atoms with Crippen LogP contribution >= 0.6 is 12.2 Å². The molecule has 1 aliphatic rings. The van der Waals surface area contributed by atoms with Crippen molar-refractivity contribution in [1.29, 1.82) is 0 Å². The van der Waals surface area contributed by atoms with Crippen LogP contribution in [0.3, 0.4) is 0 Å². The Bertz CT molecular complexity index is 258. The van der Waals surface area contributed by atoms with Crippen LogP contribution in [-0.4, -0.2) is 30.2 Å². The van der Waals surface area contributed by atoms with E-state index in [1.807, 2.05) is 6.92 Å². The first kappa shape index (κ1) is 13.4. The van der Waals surface area contributed by atoms with Gasteiger partial charge >= 0.3 is 0 Å². The Kier molecular flexibility index (Phi) is 5.69. The van der Waals surface area contributed by atoms with E-state index in [0.717, 1.165) is 19.3 Å². The van der Waals surface area contributed by atoms with Crippen LogP contribution in [0.15, 0.2) is 0 Å². The fourth-order valence-electron chi connectivity index (χ4n) is 1.96. The van der Waals surface area contributed by atoms with Crippen LogP contribution < -0.4 is 11.1 Å². The normalized spacial score (nSPS) is 24.3. The first-order valence-electron chi connectivity index (χ1n) is 5.82. The number of nitrogens with one attached hydrogen (secondary N) is 1. The van der Waals surface area contributed by atoms with Gasteiger partial charge in [-0.15, -0.1) is 0 Å². The molecule has 0 aromatic carbocycles. The molecule has 0 aromatic rings. The molecule has 4 nitrogen and oxygen atoms in total. The van der Waals surface area contributed by atoms with Crippen LogP contribution in [0.4, 0.5) is 0 Å². The van der Waals surface area contributed by atoms with Crippen molar-refractivity contribution in [1.82, 2.24) is 5.32 Å². The molecule has 0 bridgehead atoms. The summed E-state index contributed by atoms with van der Waals surface area (Å²) >= 11 is 4.76. The van der Waals surface area contributed by atoms with E-state index in [4.69, 9.17) is 22.7 Å². The molecule has 2 atom stereocenters. The van der Waals surface area contributed by atoms with E-state index in [-0.39, 0.29) is 17.9 Å². The molecular formula is C11H20N2O2S. The topological polar surface area (TPSA) is 64.3 Å². The quantitative estimate of drug-likeness (QED) is 0.540. The molecule has 1 saturated heterocycles. The standard InChI is InChI=1S/C11H20N2O2S/c1-2-9-8(5-7-15-9)11(14)13-6-3-4-10(12)16/h8-9H,2-7H2,1H3,(H2,12,16)(H,13,14). The van der Waals surface area contributed by atoms with Crippen molar-refractivity contribution in [3.63, 3.8) is 0 Å². The van der Waals surface area contributed by atoms with Crippen LogP contribution in [0, 0.1) is 5.92 Å². The zero-order chi connectivity index (χ0) is 12.0. The second-order valence-electron chi connectivity index (χ2n) is 4.07. The van der Waals surface area contributed by atoms with Gasteiger partial charge in [0.25, 0.3) is 0 Å². The molecule has 3 N–H and O–H groups in total. The van der Waals surface area contributed by atoms with Crippen molar-refractivity contribution in [2.24, 2.45) is 11.7 Å². The first-order chi connectivity index (χ1) is 7.65. The molecule has 1 heterocycles. The van der Waals surface area contributed by atoms with Gasteiger partial charge in [-0.1, -0.05) is 19.1 Å². The molecule has 1 rings (SSSR count). The average molecular weight is 244 g/mol. The molecule has 1 aliphatic heterocycles. The van der Waals surface area contributed by atoms with Crippen molar-refractivity contribution in [2.75, 3.05) is 13.2 Å². The van der Waals surface area contributed by atoms with Crippen LogP contribution in [0.25, 0.3) is 0 Å². The maximum atomic E-state index is 11.8. The summed E-state index contributed by atoms with van der Waals surface area (Å²) in [5.41, 5.74) is 5.37. The molecule has 92 valence electrons. The highest BCUT2D eigenvalue weighted by Crippen LogP contribution is 2.23. The van der Waals surface area contributed by atoms with Crippen molar-refractivity contribution in [3.8, 4) is 0 Å². The third kappa shape index (κ3) is 4.06. The fraction of sp³-hybridized carbons (Fsp3) is 0.818. The van der Waals surface area contributed by atoms with Crippen molar-refractivity contribution < 1.29 is 9.53 Å². The Morgan fingerprint density at radius 3 is 3.00 bits per heavy atom. The Morgan fingerprint density at radius 2 is 2.38 bits per heavy atom. The smallest absolute Gasteiger partial charge is 0.225 e. The lowest BCUT2D eigenvalue weighted by Gasteiger charge is -2.16. The summed E-state index contributed by atoms with van der Waals surface area (Å²) in [5, 5.41) is 2.91. The van der Waals surface area contributed by atoms with E-state index < -0.39 is 0 Å². The highest BCUT2D eigenvalue weighted by atomic mass is 32.1. The monoisotopic (exact) mass is 244 g/mol. The van der Waals surface area contributed by atoms with Gasteiger partial charge in [-0.25, -0.2) is 0 Å². The highest BCUT2D eigenvalue weighted by Gasteiger charge is 2.32. The van der Waals surface area contributed by atoms with Gasteiger partial charge in [0, 0.05) is 13.2 Å². The Hall–Kier alpha value is -0.680. The second-order valence-corrected chi connectivity index (χ2v) is 4.60. The van der Waals surface area contributed by atoms with E-state index in [1.165, 1.54) is 0 Å². The second kappa shape index (κ2) is 6.81. The number of hydrogen-bond donors (Lipinski definition) is 2. The van der Waals surface area contributed by atoms with Gasteiger partial charge < -0.3 is 15.8 Å². The van der Waals surface area contributed by atoms with Gasteiger partial charge in [0.05, 0.1) is 17.0 Å². The minimum atomic E-state index is 0.0230. The lowest BCUT2D eigenvalue weighted by Crippen LogP contribution is -2.35. The van der Waals surface area contributed by atoms with Crippen molar-refractivity contribution in [2.45, 2.75) is 38.7 Å². The van der Waals surface area contributed by atoms with Crippen molar-refractivity contribution in [3.05, 3.63) is 0 Å². The van der Waals surface area contributed by atoms with E-state index in [0.29, 0.717) is 24.6 Å². The summed E-state index contributed by atoms with van der Waals surface area (Å²) in [6.45, 7) is 3.38. The van der Waals surface area contributed by atoms with E-state index in [9.17, 15) is 4.79 Å². The Labute approximate surface area is 102 Å². The first-order valence-corrected chi connectivity index (χ1v) is 6.23. The van der Waals surface area contributed by atoms with Gasteiger partial charge in [0.2, 0.25) is 5.91 Å². The number of amides is 1. The summed E-state index contributed by atoms with van der Waals surface area (Å²) < 4.78 is 5.48. The summed E-state index contributed by atoms with van der Waals surface area (Å²) in [4.78, 5) is 12.3. The van der Waals surface area contributed by atoms with Gasteiger partial charge in [-0.2, -0.15) is 0 Å². The molecule has 2 unspecified atom stereocenters. The number of rotatable bonds is 6. The predicted molar refractivity (Wildman–Crippen MR) is 67.2 cm³/mol. The molecule has 1 fully saturated rings. The van der Waals surface area contributed by atoms with E-state index >= 15 is 0 Å². The summed E-state index contributed by atoms with van der Waals surface area (Å²) in [7, 11) is 0. The summed E-state index contributed by atoms with van der Waals surface area (Å²) in [5.74, 6) is 0.127. The van der Waals surface area contributed by atoms with Gasteiger partial charge in [0.1, 0.15) is 0 Å². The maximum absolute atomic E-state index is 11.8. The minimum Gasteiger partial charge on any atom is -0.393 e. The molecule has 0 aliphatic carbocycles. The zero-order valence-electron chi connectivity index (χ0n) is 9.70. The molecule has 5 heteroatoms. The third-order valence-electron chi connectivity index (χ3n) is 2.85. The Balaban J connectivity index is 2.21. The fourth-order valence-corrected chi connectivity index (χ4v) is 2.10. The number of carbonyl (C=O) groups excluding carboxylic acids is 1. The number of hydrogen-bond acceptors (Lipinski definition) is 3. The Morgan fingerprint density at radius 1 is 1.62 bits per heavy atom. The summed E-state index contributed by atoms with van der Waals surface area (Å²) in [6, 6.07) is 0. The third-order valence-corrected chi connectivity index (χ3v) is 3.05. The van der Waals surface area contributed by atoms with Gasteiger partial charge in [-0.3, -0.25) is 4.79 Å². The van der Waals surface area contributed by atoms with Crippen LogP contribution in [0.5, 0.6) is 0 Å². The molecule has 0 spiro atoms. The zero-order valence-corrected chi connectivity index (χ0v) is 10.5. The molecule has 1 amide bonds. The maximum Gasteiger partial charge on any atom is 0.225 e. The molecule has 0 aromatic heterocycles. The molecule has 0 radical (unpaired) electrons. The predicted octanol–water partition coefficient (Wildman–Crippen LogP) is 0.984. The summed E-state index contributed by atoms with van der Waals surface area (Å²) in [6.07, 6.45) is 3.32. The molecule has 16 heavy (non-hydrogen) atoms. The minimum absolute atomic E-state index is 0.0230. The van der Waals surface area contributed by atoms with Crippen LogP contribution in [0.1, 0.15) is 32.6 Å². The highest BCUT2D eigenvalue weighted by molar-refractivity contribution is 7.80. The van der Waals surface area contributed by atoms with Crippen LogP contribution in [-0.2, 0) is 9.53 Å². The van der Waals surface area contributed by atoms with Gasteiger partial charge in [0.15, 0.2) is 0 Å². The number of thiocarbonyl (C=S) groups is 1. The molecule has 0 saturated carbocycles. The molecular weight excluding hydrogens is 224 g/mol. The number of ether oxygens (including phenoxy) is 1. The number of nitrogens with two attached hydrogens (primary N) is 1. The van der Waals surface area contributed by atoms with Crippen molar-refractivity contribution >= 4 is 23.1 Å².